The fraction of sp³-hybridized carbons (Fsp3) is 0.350. The smallest absolute Gasteiger partial charge is 0.100 e. The van der Waals surface area contributed by atoms with Crippen LogP contribution >= 0.6 is 0 Å². The van der Waals surface area contributed by atoms with Gasteiger partial charge in [0.05, 0.1) is 24.6 Å². The van der Waals surface area contributed by atoms with Crippen LogP contribution in [0.1, 0.15) is 28.6 Å². The van der Waals surface area contributed by atoms with Crippen LogP contribution in [0.4, 0.5) is 0 Å². The summed E-state index contributed by atoms with van der Waals surface area (Å²) < 4.78 is 7.92. The molecule has 1 atom stereocenters. The summed E-state index contributed by atoms with van der Waals surface area (Å²) in [7, 11) is 1.96. The summed E-state index contributed by atoms with van der Waals surface area (Å²) in [5, 5.41) is 8.59. The second-order valence-electron chi connectivity index (χ2n) is 6.73. The predicted molar refractivity (Wildman–Crippen MR) is 98.2 cm³/mol. The Hall–Kier alpha value is -2.57. The highest BCUT2D eigenvalue weighted by molar-refractivity contribution is 5.20. The molecule has 3 heterocycles. The summed E-state index contributed by atoms with van der Waals surface area (Å²) in [5.74, 6) is 0.256. The number of pyridine rings is 1. The topological polar surface area (TPSA) is 56.1 Å². The van der Waals surface area contributed by atoms with E-state index in [1.807, 2.05) is 48.3 Å². The molecular formula is C20H23N5O. The first-order chi connectivity index (χ1) is 12.8. The van der Waals surface area contributed by atoms with Gasteiger partial charge in [0.2, 0.25) is 0 Å². The van der Waals surface area contributed by atoms with Crippen molar-refractivity contribution in [2.45, 2.75) is 25.6 Å². The standard InChI is InChI=1S/C20H23N5O/c1-24-20-17(15-26-14-16-7-3-2-4-8-16)11-25(13-19(20)22-23-24)12-18-9-5-6-10-21-18/h2-10,17H,11-15H2,1H3/t17-/m0/s1. The Morgan fingerprint density at radius 2 is 1.96 bits per heavy atom. The number of benzene rings is 1. The fourth-order valence-corrected chi connectivity index (χ4v) is 3.56. The molecule has 1 aliphatic heterocycles. The normalized spacial score (nSPS) is 17.2. The van der Waals surface area contributed by atoms with Crippen molar-refractivity contribution < 1.29 is 4.74 Å². The average Bonchev–Trinajstić information content (AvgIpc) is 3.04. The third kappa shape index (κ3) is 3.81. The highest BCUT2D eigenvalue weighted by Crippen LogP contribution is 2.27. The van der Waals surface area contributed by atoms with Gasteiger partial charge in [-0.25, -0.2) is 0 Å². The van der Waals surface area contributed by atoms with E-state index in [0.717, 1.165) is 31.0 Å². The maximum Gasteiger partial charge on any atom is 0.100 e. The van der Waals surface area contributed by atoms with Crippen molar-refractivity contribution in [1.29, 1.82) is 0 Å². The zero-order valence-corrected chi connectivity index (χ0v) is 15.0. The summed E-state index contributed by atoms with van der Waals surface area (Å²) in [5.41, 5.74) is 4.50. The van der Waals surface area contributed by atoms with Gasteiger partial charge in [-0.15, -0.1) is 5.10 Å². The highest BCUT2D eigenvalue weighted by atomic mass is 16.5. The van der Waals surface area contributed by atoms with E-state index in [2.05, 4.69) is 38.4 Å². The molecular weight excluding hydrogens is 326 g/mol. The molecule has 0 aliphatic carbocycles. The summed E-state index contributed by atoms with van der Waals surface area (Å²) in [6.07, 6.45) is 1.84. The van der Waals surface area contributed by atoms with E-state index < -0.39 is 0 Å². The van der Waals surface area contributed by atoms with Crippen LogP contribution in [0.2, 0.25) is 0 Å². The molecule has 2 aromatic heterocycles. The Kier molecular flexibility index (Phi) is 5.04. The minimum atomic E-state index is 0.256. The van der Waals surface area contributed by atoms with Crippen LogP contribution in [-0.4, -0.2) is 38.0 Å². The van der Waals surface area contributed by atoms with E-state index in [1.165, 1.54) is 11.3 Å². The van der Waals surface area contributed by atoms with Crippen molar-refractivity contribution in [3.63, 3.8) is 0 Å². The number of rotatable bonds is 6. The zero-order chi connectivity index (χ0) is 17.8. The van der Waals surface area contributed by atoms with Crippen molar-refractivity contribution in [2.24, 2.45) is 7.05 Å². The predicted octanol–water partition coefficient (Wildman–Crippen LogP) is 2.53. The number of aryl methyl sites for hydroxylation is 1. The minimum absolute atomic E-state index is 0.256. The quantitative estimate of drug-likeness (QED) is 0.684. The summed E-state index contributed by atoms with van der Waals surface area (Å²) in [4.78, 5) is 6.82. The van der Waals surface area contributed by atoms with E-state index in [1.54, 1.807) is 0 Å². The maximum atomic E-state index is 6.03. The van der Waals surface area contributed by atoms with Gasteiger partial charge in [-0.3, -0.25) is 14.6 Å². The molecule has 4 rings (SSSR count). The van der Waals surface area contributed by atoms with Crippen LogP contribution < -0.4 is 0 Å². The molecule has 1 aliphatic rings. The molecule has 0 spiro atoms. The first-order valence-corrected chi connectivity index (χ1v) is 8.92. The lowest BCUT2D eigenvalue weighted by Gasteiger charge is -2.31. The second-order valence-corrected chi connectivity index (χ2v) is 6.73. The minimum Gasteiger partial charge on any atom is -0.376 e. The van der Waals surface area contributed by atoms with Gasteiger partial charge in [-0.05, 0) is 17.7 Å². The largest absolute Gasteiger partial charge is 0.376 e. The first kappa shape index (κ1) is 16.9. The van der Waals surface area contributed by atoms with Crippen LogP contribution in [0.15, 0.2) is 54.7 Å². The van der Waals surface area contributed by atoms with Crippen molar-refractivity contribution in [1.82, 2.24) is 24.9 Å². The molecule has 26 heavy (non-hydrogen) atoms. The molecule has 0 bridgehead atoms. The molecule has 0 fully saturated rings. The third-order valence-corrected chi connectivity index (χ3v) is 4.72. The van der Waals surface area contributed by atoms with Gasteiger partial charge in [-0.2, -0.15) is 0 Å². The Bertz CT molecular complexity index is 834. The SMILES string of the molecule is Cn1nnc2c1[C@H](COCc1ccccc1)CN(Cc1ccccn1)C2. The molecule has 3 aromatic rings. The Morgan fingerprint density at radius 1 is 1.12 bits per heavy atom. The number of hydrogen-bond donors (Lipinski definition) is 0. The monoisotopic (exact) mass is 349 g/mol. The Labute approximate surface area is 153 Å². The fourth-order valence-electron chi connectivity index (χ4n) is 3.56. The molecule has 6 nitrogen and oxygen atoms in total. The van der Waals surface area contributed by atoms with E-state index in [-0.39, 0.29) is 5.92 Å². The van der Waals surface area contributed by atoms with Gasteiger partial charge < -0.3 is 4.74 Å². The molecule has 134 valence electrons. The maximum absolute atomic E-state index is 6.03. The van der Waals surface area contributed by atoms with Gasteiger partial charge in [0.15, 0.2) is 0 Å². The molecule has 0 saturated carbocycles. The molecule has 0 unspecified atom stereocenters. The van der Waals surface area contributed by atoms with Gasteiger partial charge in [-0.1, -0.05) is 41.6 Å². The Balaban J connectivity index is 1.44. The van der Waals surface area contributed by atoms with Gasteiger partial charge in [0.25, 0.3) is 0 Å². The van der Waals surface area contributed by atoms with Crippen molar-refractivity contribution in [2.75, 3.05) is 13.2 Å². The van der Waals surface area contributed by atoms with Gasteiger partial charge >= 0.3 is 0 Å². The van der Waals surface area contributed by atoms with E-state index in [0.29, 0.717) is 13.2 Å². The lowest BCUT2D eigenvalue weighted by Crippen LogP contribution is -2.36. The Morgan fingerprint density at radius 3 is 2.77 bits per heavy atom. The molecule has 6 heteroatoms. The van der Waals surface area contributed by atoms with Gasteiger partial charge in [0.1, 0.15) is 5.69 Å². The van der Waals surface area contributed by atoms with E-state index in [9.17, 15) is 0 Å². The summed E-state index contributed by atoms with van der Waals surface area (Å²) in [6, 6.07) is 16.3. The molecule has 0 saturated heterocycles. The number of hydrogen-bond acceptors (Lipinski definition) is 5. The van der Waals surface area contributed by atoms with E-state index >= 15 is 0 Å². The summed E-state index contributed by atoms with van der Waals surface area (Å²) >= 11 is 0. The molecule has 1 aromatic carbocycles. The van der Waals surface area contributed by atoms with Crippen LogP contribution in [0.5, 0.6) is 0 Å². The second kappa shape index (κ2) is 7.76. The van der Waals surface area contributed by atoms with Gasteiger partial charge in [0, 0.05) is 38.8 Å². The van der Waals surface area contributed by atoms with Crippen LogP contribution in [0.25, 0.3) is 0 Å². The first-order valence-electron chi connectivity index (χ1n) is 8.92. The number of aromatic nitrogens is 4. The lowest BCUT2D eigenvalue weighted by atomic mass is 9.98. The van der Waals surface area contributed by atoms with Crippen molar-refractivity contribution >= 4 is 0 Å². The zero-order valence-electron chi connectivity index (χ0n) is 15.0. The molecule has 0 N–H and O–H groups in total. The van der Waals surface area contributed by atoms with Crippen molar-refractivity contribution in [3.05, 3.63) is 77.4 Å². The lowest BCUT2D eigenvalue weighted by molar-refractivity contribution is 0.0827. The van der Waals surface area contributed by atoms with Crippen LogP contribution in [0.3, 0.4) is 0 Å². The summed E-state index contributed by atoms with van der Waals surface area (Å²) in [6.45, 7) is 3.81. The number of ether oxygens (including phenoxy) is 1. The molecule has 0 amide bonds. The van der Waals surface area contributed by atoms with Crippen molar-refractivity contribution in [3.8, 4) is 0 Å². The van der Waals surface area contributed by atoms with E-state index in [4.69, 9.17) is 4.74 Å². The number of fused-ring (bicyclic) bond motifs is 1. The van der Waals surface area contributed by atoms with Crippen LogP contribution in [0, 0.1) is 0 Å². The highest BCUT2D eigenvalue weighted by Gasteiger charge is 2.30. The average molecular weight is 349 g/mol. The third-order valence-electron chi connectivity index (χ3n) is 4.72. The number of nitrogens with zero attached hydrogens (tertiary/aromatic N) is 5. The van der Waals surface area contributed by atoms with Crippen LogP contribution in [-0.2, 0) is 31.5 Å². The molecule has 0 radical (unpaired) electrons.